The van der Waals surface area contributed by atoms with Crippen molar-refractivity contribution in [3.63, 3.8) is 0 Å². The fraction of sp³-hybridized carbons (Fsp3) is 0.278. The summed E-state index contributed by atoms with van der Waals surface area (Å²) in [6, 6.07) is 8.75. The van der Waals surface area contributed by atoms with E-state index in [0.29, 0.717) is 18.1 Å². The van der Waals surface area contributed by atoms with Crippen LogP contribution < -0.4 is 5.32 Å². The van der Waals surface area contributed by atoms with E-state index in [0.717, 1.165) is 26.2 Å². The molecule has 0 aliphatic heterocycles. The lowest BCUT2D eigenvalue weighted by molar-refractivity contribution is -0.138. The van der Waals surface area contributed by atoms with Gasteiger partial charge in [-0.2, -0.15) is 0 Å². The third-order valence-corrected chi connectivity index (χ3v) is 5.17. The molecule has 7 heteroatoms. The van der Waals surface area contributed by atoms with E-state index < -0.39 is 18.6 Å². The van der Waals surface area contributed by atoms with E-state index in [9.17, 15) is 15.0 Å². The number of aliphatic carboxylic acids is 1. The maximum Gasteiger partial charge on any atom is 0.328 e. The number of carbonyl (C=O) groups is 1. The van der Waals surface area contributed by atoms with Gasteiger partial charge in [0.1, 0.15) is 22.5 Å². The maximum atomic E-state index is 11.3. The molecule has 1 aromatic carbocycles. The Labute approximate surface area is 149 Å². The molecule has 0 aliphatic carbocycles. The van der Waals surface area contributed by atoms with Gasteiger partial charge in [-0.3, -0.25) is 0 Å². The number of carboxylic acid groups (broad SMARTS) is 1. The van der Waals surface area contributed by atoms with Crippen molar-refractivity contribution >= 4 is 33.3 Å². The Morgan fingerprint density at radius 1 is 1.24 bits per heavy atom. The van der Waals surface area contributed by atoms with E-state index in [1.165, 1.54) is 0 Å². The molecule has 2 heterocycles. The van der Waals surface area contributed by atoms with E-state index in [4.69, 9.17) is 0 Å². The molecule has 1 unspecified atom stereocenters. The highest BCUT2D eigenvalue weighted by Crippen LogP contribution is 2.33. The molecule has 3 rings (SSSR count). The monoisotopic (exact) mass is 357 g/mol. The second-order valence-corrected chi connectivity index (χ2v) is 7.04. The number of aliphatic hydroxyl groups is 1. The summed E-state index contributed by atoms with van der Waals surface area (Å²) in [7, 11) is 0. The molecule has 0 spiro atoms. The molecule has 3 aromatic rings. The first-order valence-electron chi connectivity index (χ1n) is 7.90. The topological polar surface area (TPSA) is 95.3 Å². The van der Waals surface area contributed by atoms with E-state index in [2.05, 4.69) is 15.3 Å². The summed E-state index contributed by atoms with van der Waals surface area (Å²) < 4.78 is 0. The standard InChI is InChI=1S/C18H19N3O3S/c1-10-11(2)25-17-15(10)16(19-13(9-22)18(23)24)20-14(21-17)8-12-6-4-3-5-7-12/h3-7,13,22H,8-9H2,1-2H3,(H,23,24)(H,19,20,21). The van der Waals surface area contributed by atoms with Crippen molar-refractivity contribution in [1.82, 2.24) is 9.97 Å². The summed E-state index contributed by atoms with van der Waals surface area (Å²) in [5.41, 5.74) is 2.10. The second kappa shape index (κ2) is 7.16. The van der Waals surface area contributed by atoms with Gasteiger partial charge >= 0.3 is 5.97 Å². The minimum absolute atomic E-state index is 0.458. The average molecular weight is 357 g/mol. The molecule has 3 N–H and O–H groups in total. The molecule has 0 saturated carbocycles. The van der Waals surface area contributed by atoms with E-state index in [-0.39, 0.29) is 0 Å². The van der Waals surface area contributed by atoms with Crippen LogP contribution >= 0.6 is 11.3 Å². The van der Waals surface area contributed by atoms with Crippen LogP contribution in [0.2, 0.25) is 0 Å². The van der Waals surface area contributed by atoms with Gasteiger partial charge in [-0.25, -0.2) is 14.8 Å². The van der Waals surface area contributed by atoms with Crippen LogP contribution in [-0.4, -0.2) is 38.8 Å². The van der Waals surface area contributed by atoms with Crippen molar-refractivity contribution in [2.24, 2.45) is 0 Å². The zero-order valence-corrected chi connectivity index (χ0v) is 14.8. The number of nitrogens with zero attached hydrogens (tertiary/aromatic N) is 2. The Hall–Kier alpha value is -2.51. The van der Waals surface area contributed by atoms with Gasteiger partial charge in [0.25, 0.3) is 0 Å². The molecule has 0 saturated heterocycles. The van der Waals surface area contributed by atoms with E-state index in [1.807, 2.05) is 44.2 Å². The van der Waals surface area contributed by atoms with Gasteiger partial charge in [0, 0.05) is 11.3 Å². The molecule has 2 aromatic heterocycles. The number of rotatable bonds is 6. The fourth-order valence-corrected chi connectivity index (χ4v) is 3.65. The summed E-state index contributed by atoms with van der Waals surface area (Å²) >= 11 is 1.56. The molecule has 0 radical (unpaired) electrons. The highest BCUT2D eigenvalue weighted by Gasteiger charge is 2.21. The van der Waals surface area contributed by atoms with Crippen LogP contribution in [0.15, 0.2) is 30.3 Å². The molecule has 25 heavy (non-hydrogen) atoms. The molecule has 0 fully saturated rings. The van der Waals surface area contributed by atoms with Crippen LogP contribution in [-0.2, 0) is 11.2 Å². The number of hydrogen-bond donors (Lipinski definition) is 3. The van der Waals surface area contributed by atoms with Gasteiger partial charge in [-0.1, -0.05) is 30.3 Å². The molecular formula is C18H19N3O3S. The summed E-state index contributed by atoms with van der Waals surface area (Å²) in [5.74, 6) is -0.0489. The number of aliphatic hydroxyl groups excluding tert-OH is 1. The minimum Gasteiger partial charge on any atom is -0.480 e. The quantitative estimate of drug-likeness (QED) is 0.628. The van der Waals surface area contributed by atoms with E-state index in [1.54, 1.807) is 11.3 Å². The lowest BCUT2D eigenvalue weighted by Gasteiger charge is -2.14. The Bertz CT molecular complexity index is 909. The predicted octanol–water partition coefficient (Wildman–Crippen LogP) is 2.76. The number of carboxylic acids is 1. The highest BCUT2D eigenvalue weighted by molar-refractivity contribution is 7.18. The zero-order valence-electron chi connectivity index (χ0n) is 14.0. The van der Waals surface area contributed by atoms with Gasteiger partial charge < -0.3 is 15.5 Å². The molecule has 0 bridgehead atoms. The Balaban J connectivity index is 2.07. The predicted molar refractivity (Wildman–Crippen MR) is 98.3 cm³/mol. The normalized spacial score (nSPS) is 12.3. The first-order valence-corrected chi connectivity index (χ1v) is 8.72. The molecule has 6 nitrogen and oxygen atoms in total. The van der Waals surface area contributed by atoms with Crippen LogP contribution in [0.25, 0.3) is 10.2 Å². The zero-order chi connectivity index (χ0) is 18.0. The van der Waals surface area contributed by atoms with Crippen molar-refractivity contribution in [2.75, 3.05) is 11.9 Å². The van der Waals surface area contributed by atoms with Crippen LogP contribution in [0.3, 0.4) is 0 Å². The number of aryl methyl sites for hydroxylation is 2. The number of hydrogen-bond acceptors (Lipinski definition) is 6. The highest BCUT2D eigenvalue weighted by atomic mass is 32.1. The van der Waals surface area contributed by atoms with Crippen molar-refractivity contribution < 1.29 is 15.0 Å². The maximum absolute atomic E-state index is 11.3. The number of aromatic nitrogens is 2. The van der Waals surface area contributed by atoms with Crippen molar-refractivity contribution in [3.8, 4) is 0 Å². The van der Waals surface area contributed by atoms with Gasteiger partial charge in [0.2, 0.25) is 0 Å². The van der Waals surface area contributed by atoms with Gasteiger partial charge in [-0.05, 0) is 25.0 Å². The van der Waals surface area contributed by atoms with E-state index >= 15 is 0 Å². The number of thiophene rings is 1. The van der Waals surface area contributed by atoms with Gasteiger partial charge in [-0.15, -0.1) is 11.3 Å². The first kappa shape index (κ1) is 17.3. The minimum atomic E-state index is -1.12. The Kier molecular flexibility index (Phi) is 4.96. The number of nitrogens with one attached hydrogen (secondary N) is 1. The second-order valence-electron chi connectivity index (χ2n) is 5.83. The number of anilines is 1. The summed E-state index contributed by atoms with van der Waals surface area (Å²) in [6.45, 7) is 3.45. The summed E-state index contributed by atoms with van der Waals surface area (Å²) in [4.78, 5) is 22.4. The van der Waals surface area contributed by atoms with Crippen LogP contribution in [0.1, 0.15) is 21.8 Å². The number of benzene rings is 1. The third-order valence-electron chi connectivity index (χ3n) is 4.07. The van der Waals surface area contributed by atoms with Crippen molar-refractivity contribution in [2.45, 2.75) is 26.3 Å². The van der Waals surface area contributed by atoms with Gasteiger partial charge in [0.05, 0.1) is 12.0 Å². The van der Waals surface area contributed by atoms with Gasteiger partial charge in [0.15, 0.2) is 0 Å². The van der Waals surface area contributed by atoms with Crippen molar-refractivity contribution in [1.29, 1.82) is 0 Å². The average Bonchev–Trinajstić information content (AvgIpc) is 2.87. The van der Waals surface area contributed by atoms with Crippen LogP contribution in [0.5, 0.6) is 0 Å². The summed E-state index contributed by atoms with van der Waals surface area (Å²) in [5, 5.41) is 22.2. The van der Waals surface area contributed by atoms with Crippen LogP contribution in [0.4, 0.5) is 5.82 Å². The smallest absolute Gasteiger partial charge is 0.328 e. The molecular weight excluding hydrogens is 338 g/mol. The fourth-order valence-electron chi connectivity index (χ4n) is 2.61. The number of fused-ring (bicyclic) bond motifs is 1. The molecule has 0 amide bonds. The Morgan fingerprint density at radius 2 is 1.96 bits per heavy atom. The van der Waals surface area contributed by atoms with Crippen molar-refractivity contribution in [3.05, 3.63) is 52.2 Å². The van der Waals surface area contributed by atoms with Crippen LogP contribution in [0, 0.1) is 13.8 Å². The third kappa shape index (κ3) is 3.62. The largest absolute Gasteiger partial charge is 0.480 e. The SMILES string of the molecule is Cc1sc2nc(Cc3ccccc3)nc(NC(CO)C(=O)O)c2c1C. The Morgan fingerprint density at radius 3 is 2.60 bits per heavy atom. The molecule has 130 valence electrons. The molecule has 1 atom stereocenters. The first-order chi connectivity index (χ1) is 12.0. The lowest BCUT2D eigenvalue weighted by Crippen LogP contribution is -2.33. The molecule has 0 aliphatic rings. The lowest BCUT2D eigenvalue weighted by atomic mass is 10.1. The summed E-state index contributed by atoms with van der Waals surface area (Å²) in [6.07, 6.45) is 0.554.